The van der Waals surface area contributed by atoms with Gasteiger partial charge in [0.15, 0.2) is 0 Å². The van der Waals surface area contributed by atoms with Gasteiger partial charge in [-0.25, -0.2) is 0 Å². The predicted octanol–water partition coefficient (Wildman–Crippen LogP) is 14.3. The molecule has 10 aromatic rings. The molecule has 0 saturated carbocycles. The minimum atomic E-state index is -0.599. The van der Waals surface area contributed by atoms with E-state index < -0.39 is 5.41 Å². The van der Waals surface area contributed by atoms with Crippen molar-refractivity contribution in [3.8, 4) is 27.9 Å². The molecule has 2 heteroatoms. The molecule has 2 nitrogen and oxygen atoms in total. The largest absolute Gasteiger partial charge is 0.310 e. The molecule has 1 aliphatic rings. The van der Waals surface area contributed by atoms with Crippen LogP contribution < -0.4 is 4.90 Å². The lowest BCUT2D eigenvalue weighted by atomic mass is 9.63. The number of hydrogen-bond donors (Lipinski definition) is 0. The van der Waals surface area contributed by atoms with E-state index in [1.54, 1.807) is 0 Å². The first-order valence-electron chi connectivity index (χ1n) is 19.7. The fourth-order valence-electron chi connectivity index (χ4n) is 9.37. The third-order valence-electron chi connectivity index (χ3n) is 11.9. The van der Waals surface area contributed by atoms with Gasteiger partial charge in [0, 0.05) is 27.8 Å². The number of rotatable bonds is 7. The molecule has 0 amide bonds. The topological polar surface area (TPSA) is 8.17 Å². The van der Waals surface area contributed by atoms with E-state index in [4.69, 9.17) is 0 Å². The maximum absolute atomic E-state index is 2.50. The Hall–Kier alpha value is -7.42. The number of fused-ring (bicyclic) bond motifs is 5. The highest BCUT2D eigenvalue weighted by atomic mass is 15.1. The van der Waals surface area contributed by atoms with E-state index in [1.165, 1.54) is 72.0 Å². The highest BCUT2D eigenvalue weighted by Crippen LogP contribution is 2.55. The molecular formula is C55H38N2. The number of hydrogen-bond acceptors (Lipinski definition) is 1. The Morgan fingerprint density at radius 1 is 0.333 bits per heavy atom. The van der Waals surface area contributed by atoms with Crippen molar-refractivity contribution in [3.05, 3.63) is 253 Å². The van der Waals surface area contributed by atoms with Crippen LogP contribution in [0.3, 0.4) is 0 Å². The van der Waals surface area contributed by atoms with Gasteiger partial charge in [0.25, 0.3) is 0 Å². The molecule has 0 radical (unpaired) electrons. The van der Waals surface area contributed by atoms with Crippen LogP contribution in [0.4, 0.5) is 17.1 Å². The minimum Gasteiger partial charge on any atom is -0.310 e. The summed E-state index contributed by atoms with van der Waals surface area (Å²) >= 11 is 0. The van der Waals surface area contributed by atoms with Crippen LogP contribution in [-0.2, 0) is 5.41 Å². The van der Waals surface area contributed by atoms with E-state index in [0.29, 0.717) is 0 Å². The zero-order valence-electron chi connectivity index (χ0n) is 31.3. The maximum atomic E-state index is 2.50. The molecular weight excluding hydrogens is 689 g/mol. The van der Waals surface area contributed by atoms with Crippen molar-refractivity contribution in [1.82, 2.24) is 4.57 Å². The van der Waals surface area contributed by atoms with Crippen molar-refractivity contribution in [3.63, 3.8) is 0 Å². The van der Waals surface area contributed by atoms with Crippen molar-refractivity contribution < 1.29 is 0 Å². The molecule has 57 heavy (non-hydrogen) atoms. The molecule has 0 fully saturated rings. The fraction of sp³-hybridized carbons (Fsp3) is 0.0182. The van der Waals surface area contributed by atoms with Gasteiger partial charge in [-0.1, -0.05) is 182 Å². The van der Waals surface area contributed by atoms with Gasteiger partial charge in [-0.15, -0.1) is 0 Å². The Bertz CT molecular complexity index is 2950. The first-order valence-corrected chi connectivity index (χ1v) is 19.7. The van der Waals surface area contributed by atoms with Crippen molar-refractivity contribution in [2.45, 2.75) is 5.41 Å². The summed E-state index contributed by atoms with van der Waals surface area (Å²) in [7, 11) is 0. The van der Waals surface area contributed by atoms with Crippen LogP contribution in [0.25, 0.3) is 49.7 Å². The van der Waals surface area contributed by atoms with Crippen LogP contribution in [0, 0.1) is 0 Å². The molecule has 268 valence electrons. The highest BCUT2D eigenvalue weighted by Gasteiger charge is 2.45. The zero-order valence-corrected chi connectivity index (χ0v) is 31.3. The summed E-state index contributed by atoms with van der Waals surface area (Å²) in [5.74, 6) is 0. The Kier molecular flexibility index (Phi) is 7.75. The number of nitrogens with zero attached hydrogens (tertiary/aromatic N) is 2. The van der Waals surface area contributed by atoms with Gasteiger partial charge in [0.1, 0.15) is 0 Å². The molecule has 1 atom stereocenters. The Morgan fingerprint density at radius 2 is 0.825 bits per heavy atom. The quantitative estimate of drug-likeness (QED) is 0.159. The Morgan fingerprint density at radius 3 is 1.49 bits per heavy atom. The standard InChI is InChI=1S/C55H38N2/c1-4-16-39(17-5-1)41-30-34-45(35-31-41)56(46-36-32-42(33-37-46)40-18-6-2-7-19-40)47-23-14-22-44(38-47)55(43-20-8-3-9-21-43)50-26-11-13-29-53(50)57-52-28-12-10-24-48(52)49-25-15-27-51(55)54(49)57/h1-38H. The second kappa shape index (κ2) is 13.4. The summed E-state index contributed by atoms with van der Waals surface area (Å²) in [5, 5.41) is 2.54. The van der Waals surface area contributed by atoms with Crippen LogP contribution in [0.2, 0.25) is 0 Å². The lowest BCUT2D eigenvalue weighted by Crippen LogP contribution is -2.35. The van der Waals surface area contributed by atoms with E-state index in [9.17, 15) is 0 Å². The van der Waals surface area contributed by atoms with Crippen LogP contribution in [0.1, 0.15) is 22.3 Å². The Balaban J connectivity index is 1.16. The molecule has 9 aromatic carbocycles. The van der Waals surface area contributed by atoms with Gasteiger partial charge >= 0.3 is 0 Å². The lowest BCUT2D eigenvalue weighted by molar-refractivity contribution is 0.728. The van der Waals surface area contributed by atoms with Crippen molar-refractivity contribution >= 4 is 38.9 Å². The van der Waals surface area contributed by atoms with Crippen molar-refractivity contribution in [2.75, 3.05) is 4.90 Å². The molecule has 0 aliphatic carbocycles. The monoisotopic (exact) mass is 726 g/mol. The second-order valence-corrected chi connectivity index (χ2v) is 14.9. The zero-order chi connectivity index (χ0) is 37.8. The summed E-state index contributed by atoms with van der Waals surface area (Å²) in [6, 6.07) is 84.3. The summed E-state index contributed by atoms with van der Waals surface area (Å²) in [5.41, 5.74) is 16.2. The third-order valence-corrected chi connectivity index (χ3v) is 11.9. The molecule has 1 aromatic heterocycles. The lowest BCUT2D eigenvalue weighted by Gasteiger charge is -2.42. The van der Waals surface area contributed by atoms with E-state index in [-0.39, 0.29) is 0 Å². The average Bonchev–Trinajstić information content (AvgIpc) is 3.64. The first-order chi connectivity index (χ1) is 28.3. The summed E-state index contributed by atoms with van der Waals surface area (Å²) in [6.07, 6.45) is 0. The van der Waals surface area contributed by atoms with E-state index in [0.717, 1.165) is 17.1 Å². The van der Waals surface area contributed by atoms with Crippen molar-refractivity contribution in [1.29, 1.82) is 0 Å². The van der Waals surface area contributed by atoms with E-state index in [2.05, 4.69) is 240 Å². The Labute approximate surface area is 333 Å². The van der Waals surface area contributed by atoms with Crippen LogP contribution in [-0.4, -0.2) is 4.57 Å². The number of benzene rings is 9. The minimum absolute atomic E-state index is 0.599. The highest BCUT2D eigenvalue weighted by molar-refractivity contribution is 6.12. The van der Waals surface area contributed by atoms with Gasteiger partial charge in [0.2, 0.25) is 0 Å². The van der Waals surface area contributed by atoms with Crippen molar-refractivity contribution in [2.24, 2.45) is 0 Å². The molecule has 1 aliphatic heterocycles. The van der Waals surface area contributed by atoms with Crippen LogP contribution in [0.15, 0.2) is 231 Å². The summed E-state index contributed by atoms with van der Waals surface area (Å²) in [6.45, 7) is 0. The third kappa shape index (κ3) is 5.18. The summed E-state index contributed by atoms with van der Waals surface area (Å²) in [4.78, 5) is 2.40. The first kappa shape index (κ1) is 33.0. The molecule has 0 saturated heterocycles. The molecule has 2 heterocycles. The van der Waals surface area contributed by atoms with Gasteiger partial charge in [0.05, 0.1) is 22.1 Å². The smallest absolute Gasteiger partial charge is 0.0743 e. The van der Waals surface area contributed by atoms with E-state index in [1.807, 2.05) is 0 Å². The normalized spacial score (nSPS) is 14.4. The van der Waals surface area contributed by atoms with Gasteiger partial charge in [-0.2, -0.15) is 0 Å². The van der Waals surface area contributed by atoms with Gasteiger partial charge < -0.3 is 9.47 Å². The van der Waals surface area contributed by atoms with E-state index >= 15 is 0 Å². The van der Waals surface area contributed by atoms with Crippen LogP contribution >= 0.6 is 0 Å². The fourth-order valence-corrected chi connectivity index (χ4v) is 9.37. The molecule has 0 spiro atoms. The maximum Gasteiger partial charge on any atom is 0.0743 e. The number of anilines is 3. The predicted molar refractivity (Wildman–Crippen MR) is 238 cm³/mol. The second-order valence-electron chi connectivity index (χ2n) is 14.9. The molecule has 11 rings (SSSR count). The molecule has 0 N–H and O–H groups in total. The average molecular weight is 727 g/mol. The molecule has 0 bridgehead atoms. The number of aromatic nitrogens is 1. The van der Waals surface area contributed by atoms with Gasteiger partial charge in [-0.05, 0) is 93.0 Å². The number of para-hydroxylation sites is 3. The SMILES string of the molecule is c1ccc(-c2ccc(N(c3ccc(-c4ccccc4)cc3)c3cccc(C4(c5ccccc5)c5ccccc5-n5c6ccccc6c6cccc4c65)c3)cc2)cc1. The summed E-state index contributed by atoms with van der Waals surface area (Å²) < 4.78 is 2.50. The van der Waals surface area contributed by atoms with Crippen LogP contribution in [0.5, 0.6) is 0 Å². The van der Waals surface area contributed by atoms with Gasteiger partial charge in [-0.3, -0.25) is 0 Å². The molecule has 1 unspecified atom stereocenters.